The second-order valence-electron chi connectivity index (χ2n) is 10.9. The summed E-state index contributed by atoms with van der Waals surface area (Å²) in [6.07, 6.45) is 3.99. The van der Waals surface area contributed by atoms with E-state index >= 15 is 4.39 Å². The van der Waals surface area contributed by atoms with Gasteiger partial charge < -0.3 is 19.5 Å². The summed E-state index contributed by atoms with van der Waals surface area (Å²) in [5.41, 5.74) is 2.52. The fourth-order valence-electron chi connectivity index (χ4n) is 6.32. The van der Waals surface area contributed by atoms with Crippen LogP contribution in [0.5, 0.6) is 0 Å². The van der Waals surface area contributed by atoms with E-state index in [-0.39, 0.29) is 11.7 Å². The number of rotatable bonds is 4. The van der Waals surface area contributed by atoms with Crippen molar-refractivity contribution in [1.29, 1.82) is 0 Å². The number of amides is 1. The van der Waals surface area contributed by atoms with Gasteiger partial charge >= 0.3 is 0 Å². The number of ether oxygens (including phenoxy) is 1. The SMILES string of the molecule is CC(=O)N1CCC2(CC1)CN(Cc1cc3nc(-c4c(F)ccc5[nH]ccc45)nc(N4CCOCC4)c3s1)C2. The van der Waals surface area contributed by atoms with Gasteiger partial charge in [0.25, 0.3) is 0 Å². The van der Waals surface area contributed by atoms with Crippen LogP contribution in [0, 0.1) is 11.2 Å². The number of nitrogens with zero attached hydrogens (tertiary/aromatic N) is 5. The molecule has 0 aliphatic carbocycles. The standard InChI is InChI=1S/C28H31FN6O2S/c1-18(36)34-8-5-28(6-9-34)16-33(17-28)15-19-14-23-25(38-19)27(35-10-12-37-13-11-35)32-26(31-23)24-20-4-7-30-22(20)3-2-21(24)29/h2-4,7,14,30H,5-6,8-13,15-17H2,1H3. The maximum Gasteiger partial charge on any atom is 0.219 e. The predicted octanol–water partition coefficient (Wildman–Crippen LogP) is 4.26. The number of nitrogens with one attached hydrogen (secondary N) is 1. The Morgan fingerprint density at radius 1 is 1.13 bits per heavy atom. The maximum absolute atomic E-state index is 15.2. The number of fused-ring (bicyclic) bond motifs is 2. The lowest BCUT2D eigenvalue weighted by Gasteiger charge is -2.54. The van der Waals surface area contributed by atoms with Gasteiger partial charge in [0.05, 0.1) is 29.0 Å². The molecule has 8 nitrogen and oxygen atoms in total. The van der Waals surface area contributed by atoms with Crippen LogP contribution in [0.2, 0.25) is 0 Å². The monoisotopic (exact) mass is 534 g/mol. The van der Waals surface area contributed by atoms with Crippen LogP contribution < -0.4 is 4.90 Å². The molecule has 198 valence electrons. The molecular formula is C28H31FN6O2S. The summed E-state index contributed by atoms with van der Waals surface area (Å²) in [5, 5.41) is 0.787. The van der Waals surface area contributed by atoms with E-state index in [2.05, 4.69) is 20.9 Å². The second-order valence-corrected chi connectivity index (χ2v) is 12.0. The van der Waals surface area contributed by atoms with Crippen molar-refractivity contribution in [1.82, 2.24) is 24.8 Å². The van der Waals surface area contributed by atoms with E-state index in [1.807, 2.05) is 17.2 Å². The van der Waals surface area contributed by atoms with Crippen LogP contribution in [0.3, 0.4) is 0 Å². The molecule has 0 atom stereocenters. The number of H-pyrrole nitrogens is 1. The van der Waals surface area contributed by atoms with Gasteiger partial charge in [-0.1, -0.05) is 0 Å². The molecule has 6 heterocycles. The van der Waals surface area contributed by atoms with Gasteiger partial charge in [0.2, 0.25) is 5.91 Å². The third-order valence-electron chi connectivity index (χ3n) is 8.39. The number of carbonyl (C=O) groups excluding carboxylic acids is 1. The second kappa shape index (κ2) is 9.29. The van der Waals surface area contributed by atoms with Gasteiger partial charge in [0, 0.05) is 74.7 Å². The molecular weight excluding hydrogens is 503 g/mol. The molecule has 3 aliphatic heterocycles. The third kappa shape index (κ3) is 4.15. The van der Waals surface area contributed by atoms with Crippen molar-refractivity contribution < 1.29 is 13.9 Å². The molecule has 3 fully saturated rings. The van der Waals surface area contributed by atoms with Crippen LogP contribution >= 0.6 is 11.3 Å². The van der Waals surface area contributed by atoms with E-state index in [0.29, 0.717) is 30.0 Å². The Morgan fingerprint density at radius 3 is 2.68 bits per heavy atom. The first-order valence-corrected chi connectivity index (χ1v) is 14.2. The van der Waals surface area contributed by atoms with Crippen molar-refractivity contribution in [3.8, 4) is 11.4 Å². The number of thiophene rings is 1. The van der Waals surface area contributed by atoms with E-state index in [9.17, 15) is 4.79 Å². The van der Waals surface area contributed by atoms with Crippen molar-refractivity contribution in [2.75, 3.05) is 57.4 Å². The van der Waals surface area contributed by atoms with Crippen LogP contribution in [0.15, 0.2) is 30.5 Å². The highest BCUT2D eigenvalue weighted by Crippen LogP contribution is 2.43. The van der Waals surface area contributed by atoms with Crippen LogP contribution in [-0.2, 0) is 16.1 Å². The van der Waals surface area contributed by atoms with Gasteiger partial charge in [-0.05, 0) is 42.5 Å². The van der Waals surface area contributed by atoms with Crippen molar-refractivity contribution in [2.45, 2.75) is 26.3 Å². The first-order valence-electron chi connectivity index (χ1n) is 13.4. The van der Waals surface area contributed by atoms with Crippen LogP contribution in [0.25, 0.3) is 32.5 Å². The molecule has 3 aliphatic rings. The Bertz CT molecular complexity index is 1510. The molecule has 3 aromatic heterocycles. The number of aromatic amines is 1. The number of anilines is 1. The maximum atomic E-state index is 15.2. The van der Waals surface area contributed by atoms with Crippen LogP contribution in [0.4, 0.5) is 10.2 Å². The average molecular weight is 535 g/mol. The Hall–Kier alpha value is -3.08. The highest BCUT2D eigenvalue weighted by molar-refractivity contribution is 7.19. The topological polar surface area (TPSA) is 77.6 Å². The molecule has 1 N–H and O–H groups in total. The van der Waals surface area contributed by atoms with Gasteiger partial charge in [-0.3, -0.25) is 9.69 Å². The summed E-state index contributed by atoms with van der Waals surface area (Å²) in [4.78, 5) is 32.7. The first-order chi connectivity index (χ1) is 18.5. The summed E-state index contributed by atoms with van der Waals surface area (Å²) >= 11 is 1.75. The zero-order valence-electron chi connectivity index (χ0n) is 21.5. The number of aromatic nitrogens is 3. The summed E-state index contributed by atoms with van der Waals surface area (Å²) < 4.78 is 21.8. The fraction of sp³-hybridized carbons (Fsp3) is 0.464. The van der Waals surface area contributed by atoms with Gasteiger partial charge in [-0.15, -0.1) is 11.3 Å². The van der Waals surface area contributed by atoms with E-state index in [1.54, 1.807) is 24.3 Å². The minimum Gasteiger partial charge on any atom is -0.378 e. The molecule has 0 unspecified atom stereocenters. The van der Waals surface area contributed by atoms with E-state index in [4.69, 9.17) is 14.7 Å². The van der Waals surface area contributed by atoms with Crippen molar-refractivity contribution >= 4 is 44.2 Å². The third-order valence-corrected chi connectivity index (χ3v) is 9.49. The minimum atomic E-state index is -0.318. The van der Waals surface area contributed by atoms with E-state index < -0.39 is 0 Å². The van der Waals surface area contributed by atoms with E-state index in [0.717, 1.165) is 85.6 Å². The molecule has 0 radical (unpaired) electrons. The number of benzene rings is 1. The number of piperidine rings is 1. The highest BCUT2D eigenvalue weighted by Gasteiger charge is 2.45. The summed E-state index contributed by atoms with van der Waals surface area (Å²) in [7, 11) is 0. The van der Waals surface area contributed by atoms with Crippen LogP contribution in [0.1, 0.15) is 24.6 Å². The Balaban J connectivity index is 1.19. The molecule has 0 bridgehead atoms. The molecule has 38 heavy (non-hydrogen) atoms. The molecule has 4 aromatic rings. The average Bonchev–Trinajstić information content (AvgIpc) is 3.54. The Labute approximate surface area is 224 Å². The van der Waals surface area contributed by atoms with Gasteiger partial charge in [0.15, 0.2) is 11.6 Å². The Morgan fingerprint density at radius 2 is 1.92 bits per heavy atom. The first kappa shape index (κ1) is 24.0. The summed E-state index contributed by atoms with van der Waals surface area (Å²) in [6, 6.07) is 7.28. The molecule has 3 saturated heterocycles. The minimum absolute atomic E-state index is 0.186. The normalized spacial score (nSPS) is 19.9. The van der Waals surface area contributed by atoms with Gasteiger partial charge in [0.1, 0.15) is 5.82 Å². The van der Waals surface area contributed by atoms with Gasteiger partial charge in [-0.2, -0.15) is 0 Å². The van der Waals surface area contributed by atoms with Crippen molar-refractivity contribution in [2.24, 2.45) is 5.41 Å². The Kier molecular flexibility index (Phi) is 5.86. The zero-order chi connectivity index (χ0) is 25.9. The van der Waals surface area contributed by atoms with Crippen molar-refractivity contribution in [3.05, 3.63) is 41.2 Å². The predicted molar refractivity (Wildman–Crippen MR) is 147 cm³/mol. The summed E-state index contributed by atoms with van der Waals surface area (Å²) in [6.45, 7) is 9.23. The number of hydrogen-bond acceptors (Lipinski definition) is 7. The zero-order valence-corrected chi connectivity index (χ0v) is 22.3. The fourth-order valence-corrected chi connectivity index (χ4v) is 7.48. The van der Waals surface area contributed by atoms with Crippen LogP contribution in [-0.4, -0.2) is 83.1 Å². The lowest BCUT2D eigenvalue weighted by Crippen LogP contribution is -2.60. The van der Waals surface area contributed by atoms with Crippen molar-refractivity contribution in [3.63, 3.8) is 0 Å². The van der Waals surface area contributed by atoms with Gasteiger partial charge in [-0.25, -0.2) is 14.4 Å². The molecule has 1 aromatic carbocycles. The molecule has 1 amide bonds. The number of carbonyl (C=O) groups is 1. The summed E-state index contributed by atoms with van der Waals surface area (Å²) in [5.74, 6) is 1.16. The molecule has 1 spiro atoms. The largest absolute Gasteiger partial charge is 0.378 e. The molecule has 7 rings (SSSR count). The highest BCUT2D eigenvalue weighted by atomic mass is 32.1. The number of morpholine rings is 1. The number of halogens is 1. The lowest BCUT2D eigenvalue weighted by molar-refractivity contribution is -0.134. The molecule has 10 heteroatoms. The lowest BCUT2D eigenvalue weighted by atomic mass is 9.72. The quantitative estimate of drug-likeness (QED) is 0.422. The number of hydrogen-bond donors (Lipinski definition) is 1. The molecule has 0 saturated carbocycles. The smallest absolute Gasteiger partial charge is 0.219 e. The van der Waals surface area contributed by atoms with E-state index in [1.165, 1.54) is 10.9 Å². The number of likely N-dealkylation sites (tertiary alicyclic amines) is 2.